The minimum atomic E-state index is -1.11. The number of hydrogen-bond acceptors (Lipinski definition) is 10. The molecule has 1 amide bonds. The van der Waals surface area contributed by atoms with Gasteiger partial charge in [-0.3, -0.25) is 0 Å². The van der Waals surface area contributed by atoms with Gasteiger partial charge in [0.25, 0.3) is 0 Å². The van der Waals surface area contributed by atoms with Gasteiger partial charge in [0.2, 0.25) is 0 Å². The van der Waals surface area contributed by atoms with Crippen molar-refractivity contribution in [3.63, 3.8) is 0 Å². The number of alkyl carbamates (subject to hydrolysis) is 1. The fraction of sp³-hybridized carbons (Fsp3) is 0.615. The molecule has 0 aliphatic rings. The van der Waals surface area contributed by atoms with Crippen molar-refractivity contribution < 1.29 is 47.6 Å². The van der Waals surface area contributed by atoms with Crippen molar-refractivity contribution in [2.45, 2.75) is 98.5 Å². The molecule has 11 nitrogen and oxygen atoms in total. The topological polar surface area (TPSA) is 136 Å². The Morgan fingerprint density at radius 3 is 1.70 bits per heavy atom. The molecule has 0 aromatic heterocycles. The van der Waals surface area contributed by atoms with E-state index >= 15 is 0 Å². The molecule has 1 atom stereocenters. The quantitative estimate of drug-likeness (QED) is 0.283. The van der Waals surface area contributed by atoms with Gasteiger partial charge >= 0.3 is 24.4 Å². The summed E-state index contributed by atoms with van der Waals surface area (Å²) in [6.07, 6.45) is -2.89. The molecule has 0 fully saturated rings. The standard InChI is InChI=1S/C26H39NO10/c1-11-32-20(28)17(27-21(29)35-24(2,3)4)14-16-12-13-18(33-22(30)36-25(5,6)7)19(15-16)34-23(31)37-26(8,9)10/h12-13,15,17H,11,14H2,1-10H3,(H,27,29)/t17-/m0/s1. The molecule has 208 valence electrons. The minimum Gasteiger partial charge on any atom is -0.464 e. The summed E-state index contributed by atoms with van der Waals surface area (Å²) in [6, 6.07) is 3.17. The van der Waals surface area contributed by atoms with Gasteiger partial charge in [-0.05, 0) is 86.9 Å². The maximum Gasteiger partial charge on any atom is 0.514 e. The Morgan fingerprint density at radius 2 is 1.24 bits per heavy atom. The van der Waals surface area contributed by atoms with Gasteiger partial charge in [-0.1, -0.05) is 6.07 Å². The number of benzene rings is 1. The highest BCUT2D eigenvalue weighted by molar-refractivity contribution is 5.82. The van der Waals surface area contributed by atoms with Gasteiger partial charge in [-0.25, -0.2) is 19.2 Å². The maximum atomic E-state index is 12.5. The summed E-state index contributed by atoms with van der Waals surface area (Å²) >= 11 is 0. The molecule has 0 saturated heterocycles. The molecule has 0 heterocycles. The second-order valence-corrected chi connectivity index (χ2v) is 11.1. The second kappa shape index (κ2) is 12.6. The zero-order valence-electron chi connectivity index (χ0n) is 23.3. The summed E-state index contributed by atoms with van der Waals surface area (Å²) in [5.41, 5.74) is -1.99. The molecule has 1 rings (SSSR count). The number of carbonyl (C=O) groups is 4. The van der Waals surface area contributed by atoms with Crippen molar-refractivity contribution in [3.05, 3.63) is 23.8 Å². The van der Waals surface area contributed by atoms with E-state index in [1.54, 1.807) is 69.2 Å². The van der Waals surface area contributed by atoms with Crippen LogP contribution in [-0.2, 0) is 30.2 Å². The molecule has 0 bridgehead atoms. The zero-order valence-corrected chi connectivity index (χ0v) is 23.3. The molecule has 0 saturated carbocycles. The van der Waals surface area contributed by atoms with Gasteiger partial charge < -0.3 is 33.7 Å². The Bertz CT molecular complexity index is 967. The first-order valence-corrected chi connectivity index (χ1v) is 11.9. The minimum absolute atomic E-state index is 0.0462. The largest absolute Gasteiger partial charge is 0.514 e. The smallest absolute Gasteiger partial charge is 0.464 e. The van der Waals surface area contributed by atoms with E-state index in [1.807, 2.05) is 0 Å². The van der Waals surface area contributed by atoms with Gasteiger partial charge in [0.15, 0.2) is 11.5 Å². The number of amides is 1. The van der Waals surface area contributed by atoms with Crippen LogP contribution in [0.15, 0.2) is 18.2 Å². The summed E-state index contributed by atoms with van der Waals surface area (Å²) in [5.74, 6) is -0.953. The molecule has 1 N–H and O–H groups in total. The number of hydrogen-bond donors (Lipinski definition) is 1. The van der Waals surface area contributed by atoms with Gasteiger partial charge in [0.05, 0.1) is 6.61 Å². The van der Waals surface area contributed by atoms with Crippen molar-refractivity contribution in [1.29, 1.82) is 0 Å². The highest BCUT2D eigenvalue weighted by Crippen LogP contribution is 2.31. The fourth-order valence-corrected chi connectivity index (χ4v) is 2.69. The van der Waals surface area contributed by atoms with Gasteiger partial charge in [-0.2, -0.15) is 0 Å². The van der Waals surface area contributed by atoms with Crippen LogP contribution in [0.4, 0.5) is 14.4 Å². The predicted octanol–water partition coefficient (Wildman–Crippen LogP) is 5.31. The van der Waals surface area contributed by atoms with E-state index in [4.69, 9.17) is 28.4 Å². The Hall–Kier alpha value is -3.50. The summed E-state index contributed by atoms with van der Waals surface area (Å²) in [7, 11) is 0. The van der Waals surface area contributed by atoms with Crippen molar-refractivity contribution >= 4 is 24.4 Å². The van der Waals surface area contributed by atoms with Crippen molar-refractivity contribution in [2.75, 3.05) is 6.61 Å². The number of nitrogens with one attached hydrogen (secondary N) is 1. The van der Waals surface area contributed by atoms with E-state index < -0.39 is 47.2 Å². The maximum absolute atomic E-state index is 12.5. The Labute approximate surface area is 218 Å². The van der Waals surface area contributed by atoms with Crippen LogP contribution in [0, 0.1) is 0 Å². The van der Waals surface area contributed by atoms with E-state index in [9.17, 15) is 19.2 Å². The lowest BCUT2D eigenvalue weighted by atomic mass is 10.1. The summed E-state index contributed by atoms with van der Waals surface area (Å²) in [4.78, 5) is 49.4. The van der Waals surface area contributed by atoms with Crippen molar-refractivity contribution in [3.8, 4) is 11.5 Å². The first-order chi connectivity index (χ1) is 16.8. The zero-order chi connectivity index (χ0) is 28.6. The second-order valence-electron chi connectivity index (χ2n) is 11.1. The molecular weight excluding hydrogens is 486 g/mol. The van der Waals surface area contributed by atoms with Crippen molar-refractivity contribution in [1.82, 2.24) is 5.32 Å². The monoisotopic (exact) mass is 525 g/mol. The van der Waals surface area contributed by atoms with E-state index in [0.29, 0.717) is 5.56 Å². The van der Waals surface area contributed by atoms with Crippen molar-refractivity contribution in [2.24, 2.45) is 0 Å². The average Bonchev–Trinajstić information content (AvgIpc) is 2.65. The van der Waals surface area contributed by atoms with E-state index in [-0.39, 0.29) is 24.5 Å². The molecule has 0 spiro atoms. The highest BCUT2D eigenvalue weighted by atomic mass is 16.8. The van der Waals surface area contributed by atoms with Crippen LogP contribution in [0.25, 0.3) is 0 Å². The van der Waals surface area contributed by atoms with Gasteiger partial charge in [0, 0.05) is 6.42 Å². The molecule has 0 unspecified atom stereocenters. The first-order valence-electron chi connectivity index (χ1n) is 11.9. The molecule has 1 aromatic rings. The summed E-state index contributed by atoms with van der Waals surface area (Å²) in [6.45, 7) is 16.8. The Morgan fingerprint density at radius 1 is 0.757 bits per heavy atom. The van der Waals surface area contributed by atoms with Crippen LogP contribution in [0.1, 0.15) is 74.8 Å². The molecule has 0 aliphatic carbocycles. The summed E-state index contributed by atoms with van der Waals surface area (Å²) in [5, 5.41) is 2.50. The van der Waals surface area contributed by atoms with Crippen LogP contribution in [0.2, 0.25) is 0 Å². The molecule has 0 radical (unpaired) electrons. The Kier molecular flexibility index (Phi) is 10.8. The fourth-order valence-electron chi connectivity index (χ4n) is 2.69. The lowest BCUT2D eigenvalue weighted by Gasteiger charge is -2.23. The first kappa shape index (κ1) is 31.5. The van der Waals surface area contributed by atoms with Gasteiger partial charge in [0.1, 0.15) is 22.8 Å². The van der Waals surface area contributed by atoms with Crippen LogP contribution >= 0.6 is 0 Å². The molecular formula is C26H39NO10. The molecule has 37 heavy (non-hydrogen) atoms. The molecule has 0 aliphatic heterocycles. The number of esters is 1. The average molecular weight is 526 g/mol. The normalized spacial score (nSPS) is 12.6. The third-order valence-electron chi connectivity index (χ3n) is 3.88. The SMILES string of the molecule is CCOC(=O)[C@H](Cc1ccc(OC(=O)OC(C)(C)C)c(OC(=O)OC(C)(C)C)c1)NC(=O)OC(C)(C)C. The van der Waals surface area contributed by atoms with Crippen LogP contribution in [0.3, 0.4) is 0 Å². The summed E-state index contributed by atoms with van der Waals surface area (Å²) < 4.78 is 31.2. The third-order valence-corrected chi connectivity index (χ3v) is 3.88. The van der Waals surface area contributed by atoms with Crippen LogP contribution < -0.4 is 14.8 Å². The molecule has 11 heteroatoms. The van der Waals surface area contributed by atoms with E-state index in [0.717, 1.165) is 0 Å². The lowest BCUT2D eigenvalue weighted by molar-refractivity contribution is -0.145. The van der Waals surface area contributed by atoms with E-state index in [1.165, 1.54) is 18.2 Å². The Balaban J connectivity index is 3.27. The predicted molar refractivity (Wildman–Crippen MR) is 134 cm³/mol. The van der Waals surface area contributed by atoms with Crippen LogP contribution in [0.5, 0.6) is 11.5 Å². The number of ether oxygens (including phenoxy) is 6. The molecule has 1 aromatic carbocycles. The number of rotatable bonds is 7. The number of carbonyl (C=O) groups excluding carboxylic acids is 4. The van der Waals surface area contributed by atoms with Crippen LogP contribution in [-0.4, -0.2) is 53.8 Å². The highest BCUT2D eigenvalue weighted by Gasteiger charge is 2.28. The van der Waals surface area contributed by atoms with E-state index in [2.05, 4.69) is 5.32 Å². The third kappa shape index (κ3) is 13.4. The lowest BCUT2D eigenvalue weighted by Crippen LogP contribution is -2.45. The van der Waals surface area contributed by atoms with Gasteiger partial charge in [-0.15, -0.1) is 0 Å².